The van der Waals surface area contributed by atoms with Crippen LogP contribution >= 0.6 is 0 Å². The van der Waals surface area contributed by atoms with Gasteiger partial charge < -0.3 is 9.84 Å². The van der Waals surface area contributed by atoms with E-state index in [4.69, 9.17) is 9.84 Å². The second-order valence-electron chi connectivity index (χ2n) is 5.06. The zero-order chi connectivity index (χ0) is 14.4. The fourth-order valence-corrected chi connectivity index (χ4v) is 2.37. The molecule has 1 aliphatic heterocycles. The molecule has 1 aromatic rings. The lowest BCUT2D eigenvalue weighted by atomic mass is 9.98. The van der Waals surface area contributed by atoms with Crippen molar-refractivity contribution in [1.29, 1.82) is 0 Å². The van der Waals surface area contributed by atoms with Gasteiger partial charge >= 0.3 is 11.9 Å². The van der Waals surface area contributed by atoms with Gasteiger partial charge in [-0.3, -0.25) is 14.5 Å². The van der Waals surface area contributed by atoms with E-state index in [0.29, 0.717) is 13.0 Å². The molecule has 1 saturated heterocycles. The van der Waals surface area contributed by atoms with Crippen molar-refractivity contribution in [2.45, 2.75) is 19.4 Å². The molecule has 1 N–H and O–H groups in total. The summed E-state index contributed by atoms with van der Waals surface area (Å²) in [4.78, 5) is 24.6. The van der Waals surface area contributed by atoms with Crippen molar-refractivity contribution in [2.24, 2.45) is 5.92 Å². The fourth-order valence-electron chi connectivity index (χ4n) is 2.37. The van der Waals surface area contributed by atoms with Crippen LogP contribution in [0, 0.1) is 5.92 Å². The van der Waals surface area contributed by atoms with Gasteiger partial charge in [0.2, 0.25) is 0 Å². The Hall–Kier alpha value is -1.88. The number of carbonyl (C=O) groups excluding carboxylic acids is 1. The van der Waals surface area contributed by atoms with Gasteiger partial charge in [0.05, 0.1) is 12.5 Å². The molecule has 1 aromatic carbocycles. The Bertz CT molecular complexity index is 460. The highest BCUT2D eigenvalue weighted by atomic mass is 16.5. The normalized spacial score (nSPS) is 19.5. The molecule has 108 valence electrons. The Kier molecular flexibility index (Phi) is 5.12. The number of likely N-dealkylation sites (tertiary alicyclic amines) is 1. The van der Waals surface area contributed by atoms with Crippen LogP contribution in [0.3, 0.4) is 0 Å². The Balaban J connectivity index is 1.75. The van der Waals surface area contributed by atoms with Gasteiger partial charge in [-0.25, -0.2) is 0 Å². The smallest absolute Gasteiger partial charge is 0.320 e. The van der Waals surface area contributed by atoms with Gasteiger partial charge in [0.1, 0.15) is 6.61 Å². The minimum Gasteiger partial charge on any atom is -0.481 e. The molecule has 0 aliphatic carbocycles. The summed E-state index contributed by atoms with van der Waals surface area (Å²) in [6.45, 7) is 1.60. The Labute approximate surface area is 118 Å². The lowest BCUT2D eigenvalue weighted by Crippen LogP contribution is -2.41. The molecular formula is C15H19NO4. The summed E-state index contributed by atoms with van der Waals surface area (Å²) in [6.07, 6.45) is 1.49. The fraction of sp³-hybridized carbons (Fsp3) is 0.467. The van der Waals surface area contributed by atoms with Gasteiger partial charge in [0, 0.05) is 6.54 Å². The van der Waals surface area contributed by atoms with Gasteiger partial charge in [-0.2, -0.15) is 0 Å². The zero-order valence-electron chi connectivity index (χ0n) is 11.3. The lowest BCUT2D eigenvalue weighted by molar-refractivity contribution is -0.149. The Morgan fingerprint density at radius 3 is 2.75 bits per heavy atom. The van der Waals surface area contributed by atoms with Crippen molar-refractivity contribution in [3.63, 3.8) is 0 Å². The number of benzene rings is 1. The van der Waals surface area contributed by atoms with Gasteiger partial charge in [-0.15, -0.1) is 0 Å². The van der Waals surface area contributed by atoms with Gasteiger partial charge in [-0.05, 0) is 24.9 Å². The van der Waals surface area contributed by atoms with Crippen LogP contribution in [0.15, 0.2) is 30.3 Å². The van der Waals surface area contributed by atoms with Crippen LogP contribution in [0.1, 0.15) is 18.4 Å². The van der Waals surface area contributed by atoms with Gasteiger partial charge in [-0.1, -0.05) is 30.3 Å². The predicted molar refractivity (Wildman–Crippen MR) is 73.0 cm³/mol. The molecule has 0 spiro atoms. The van der Waals surface area contributed by atoms with E-state index < -0.39 is 5.97 Å². The van der Waals surface area contributed by atoms with Crippen LogP contribution in [0.2, 0.25) is 0 Å². The minimum atomic E-state index is -0.785. The van der Waals surface area contributed by atoms with Crippen molar-refractivity contribution < 1.29 is 19.4 Å². The van der Waals surface area contributed by atoms with E-state index >= 15 is 0 Å². The van der Waals surface area contributed by atoms with E-state index in [2.05, 4.69) is 0 Å². The first-order valence-corrected chi connectivity index (χ1v) is 6.80. The van der Waals surface area contributed by atoms with Crippen molar-refractivity contribution in [3.05, 3.63) is 35.9 Å². The molecule has 0 amide bonds. The number of nitrogens with zero attached hydrogens (tertiary/aromatic N) is 1. The quantitative estimate of drug-likeness (QED) is 0.827. The van der Waals surface area contributed by atoms with Gasteiger partial charge in [0.15, 0.2) is 0 Å². The summed E-state index contributed by atoms with van der Waals surface area (Å²) in [5.74, 6) is -1.46. The number of carboxylic acid groups (broad SMARTS) is 1. The first-order valence-electron chi connectivity index (χ1n) is 6.80. The maximum absolute atomic E-state index is 11.7. The third-order valence-corrected chi connectivity index (χ3v) is 3.45. The number of esters is 1. The topological polar surface area (TPSA) is 66.8 Å². The predicted octanol–water partition coefficient (Wildman–Crippen LogP) is 1.53. The maximum Gasteiger partial charge on any atom is 0.320 e. The standard InChI is InChI=1S/C15H19NO4/c17-14(20-11-12-5-2-1-3-6-12)10-16-8-4-7-13(9-16)15(18)19/h1-3,5-6,13H,4,7-11H2,(H,18,19). The highest BCUT2D eigenvalue weighted by Gasteiger charge is 2.26. The van der Waals surface area contributed by atoms with E-state index in [1.165, 1.54) is 0 Å². The van der Waals surface area contributed by atoms with E-state index in [1.54, 1.807) is 0 Å². The van der Waals surface area contributed by atoms with E-state index in [1.807, 2.05) is 35.2 Å². The molecule has 5 heteroatoms. The second kappa shape index (κ2) is 7.05. The number of hydrogen-bond acceptors (Lipinski definition) is 4. The summed E-state index contributed by atoms with van der Waals surface area (Å²) >= 11 is 0. The summed E-state index contributed by atoms with van der Waals surface area (Å²) in [7, 11) is 0. The molecule has 0 bridgehead atoms. The average Bonchev–Trinajstić information content (AvgIpc) is 2.46. The SMILES string of the molecule is O=C(CN1CCCC(C(=O)O)C1)OCc1ccccc1. The molecule has 1 atom stereocenters. The maximum atomic E-state index is 11.7. The number of ether oxygens (including phenoxy) is 1. The van der Waals surface area contributed by atoms with Crippen LogP contribution in [0.25, 0.3) is 0 Å². The van der Waals surface area contributed by atoms with E-state index in [9.17, 15) is 9.59 Å². The first kappa shape index (κ1) is 14.5. The molecule has 5 nitrogen and oxygen atoms in total. The molecule has 1 fully saturated rings. The summed E-state index contributed by atoms with van der Waals surface area (Å²) in [5.41, 5.74) is 0.947. The van der Waals surface area contributed by atoms with Crippen LogP contribution in [-0.4, -0.2) is 41.6 Å². The van der Waals surface area contributed by atoms with Crippen molar-refractivity contribution in [1.82, 2.24) is 4.90 Å². The second-order valence-corrected chi connectivity index (χ2v) is 5.06. The van der Waals surface area contributed by atoms with E-state index in [0.717, 1.165) is 18.5 Å². The zero-order valence-corrected chi connectivity index (χ0v) is 11.3. The average molecular weight is 277 g/mol. The summed E-state index contributed by atoms with van der Waals surface area (Å²) < 4.78 is 5.20. The molecule has 1 heterocycles. The monoisotopic (exact) mass is 277 g/mol. The van der Waals surface area contributed by atoms with Gasteiger partial charge in [0.25, 0.3) is 0 Å². The van der Waals surface area contributed by atoms with Crippen molar-refractivity contribution in [3.8, 4) is 0 Å². The molecule has 2 rings (SSSR count). The molecule has 20 heavy (non-hydrogen) atoms. The third kappa shape index (κ3) is 4.35. The Morgan fingerprint density at radius 2 is 2.05 bits per heavy atom. The lowest BCUT2D eigenvalue weighted by Gasteiger charge is -2.29. The van der Waals surface area contributed by atoms with Crippen molar-refractivity contribution >= 4 is 11.9 Å². The largest absolute Gasteiger partial charge is 0.481 e. The van der Waals surface area contributed by atoms with Crippen molar-refractivity contribution in [2.75, 3.05) is 19.6 Å². The molecule has 0 saturated carbocycles. The minimum absolute atomic E-state index is 0.163. The first-order chi connectivity index (χ1) is 9.65. The van der Waals surface area contributed by atoms with Crippen LogP contribution in [-0.2, 0) is 20.9 Å². The molecule has 1 aliphatic rings. The number of carboxylic acids is 1. The van der Waals surface area contributed by atoms with Crippen LogP contribution in [0.5, 0.6) is 0 Å². The van der Waals surface area contributed by atoms with Crippen LogP contribution < -0.4 is 0 Å². The summed E-state index contributed by atoms with van der Waals surface area (Å²) in [6, 6.07) is 9.49. The molecule has 0 aromatic heterocycles. The van der Waals surface area contributed by atoms with Crippen LogP contribution in [0.4, 0.5) is 0 Å². The summed E-state index contributed by atoms with van der Waals surface area (Å²) in [5, 5.41) is 9.00. The Morgan fingerprint density at radius 1 is 1.30 bits per heavy atom. The third-order valence-electron chi connectivity index (χ3n) is 3.45. The highest BCUT2D eigenvalue weighted by molar-refractivity contribution is 5.72. The number of piperidine rings is 1. The molecule has 1 unspecified atom stereocenters. The highest BCUT2D eigenvalue weighted by Crippen LogP contribution is 2.16. The molecule has 0 radical (unpaired) electrons. The number of carbonyl (C=O) groups is 2. The number of aliphatic carboxylic acids is 1. The number of rotatable bonds is 5. The number of hydrogen-bond donors (Lipinski definition) is 1. The molecular weight excluding hydrogens is 258 g/mol. The van der Waals surface area contributed by atoms with E-state index in [-0.39, 0.29) is 25.0 Å².